The summed E-state index contributed by atoms with van der Waals surface area (Å²) in [5.74, 6) is -0.964. The standard InChI is InChI=1S/C14H21NO4S/c1-11(2)8-9-20(18,19)15-13(14(16)17)10-12-6-4-3-5-7-12/h3-7,11,13,15H,8-10H2,1-2H3,(H,16,17)/t13-/m0/s1. The highest BCUT2D eigenvalue weighted by Crippen LogP contribution is 2.07. The summed E-state index contributed by atoms with van der Waals surface area (Å²) < 4.78 is 26.0. The van der Waals surface area contributed by atoms with Crippen molar-refractivity contribution in [2.24, 2.45) is 5.92 Å². The molecule has 0 aliphatic carbocycles. The van der Waals surface area contributed by atoms with Crippen molar-refractivity contribution in [2.45, 2.75) is 32.7 Å². The van der Waals surface area contributed by atoms with E-state index in [0.717, 1.165) is 5.56 Å². The van der Waals surface area contributed by atoms with Crippen molar-refractivity contribution in [1.82, 2.24) is 4.72 Å². The number of benzene rings is 1. The van der Waals surface area contributed by atoms with Gasteiger partial charge in [0.1, 0.15) is 6.04 Å². The predicted octanol–water partition coefficient (Wildman–Crippen LogP) is 1.65. The fraction of sp³-hybridized carbons (Fsp3) is 0.500. The van der Waals surface area contributed by atoms with E-state index in [9.17, 15) is 13.2 Å². The van der Waals surface area contributed by atoms with Gasteiger partial charge in [-0.1, -0.05) is 44.2 Å². The molecule has 2 N–H and O–H groups in total. The summed E-state index contributed by atoms with van der Waals surface area (Å²) in [6.45, 7) is 3.85. The van der Waals surface area contributed by atoms with Crippen LogP contribution in [0.1, 0.15) is 25.8 Å². The summed E-state index contributed by atoms with van der Waals surface area (Å²) in [6, 6.07) is 7.83. The van der Waals surface area contributed by atoms with Crippen molar-refractivity contribution in [2.75, 3.05) is 5.75 Å². The molecular formula is C14H21NO4S. The Balaban J connectivity index is 2.70. The summed E-state index contributed by atoms with van der Waals surface area (Å²) in [6.07, 6.45) is 0.643. The van der Waals surface area contributed by atoms with Crippen molar-refractivity contribution in [1.29, 1.82) is 0 Å². The van der Waals surface area contributed by atoms with Gasteiger partial charge in [-0.3, -0.25) is 4.79 Å². The van der Waals surface area contributed by atoms with Gasteiger partial charge in [-0.15, -0.1) is 0 Å². The molecule has 5 nitrogen and oxygen atoms in total. The summed E-state index contributed by atoms with van der Waals surface area (Å²) in [7, 11) is -3.57. The molecule has 0 fully saturated rings. The lowest BCUT2D eigenvalue weighted by Gasteiger charge is -2.15. The van der Waals surface area contributed by atoms with Gasteiger partial charge in [-0.05, 0) is 24.3 Å². The SMILES string of the molecule is CC(C)CCS(=O)(=O)N[C@@H](Cc1ccccc1)C(=O)O. The first kappa shape index (κ1) is 16.7. The molecule has 1 aromatic carbocycles. The zero-order valence-corrected chi connectivity index (χ0v) is 12.6. The molecule has 1 aromatic rings. The third kappa shape index (κ3) is 6.16. The van der Waals surface area contributed by atoms with E-state index in [1.54, 1.807) is 24.3 Å². The van der Waals surface area contributed by atoms with E-state index < -0.39 is 22.0 Å². The second-order valence-electron chi connectivity index (χ2n) is 5.20. The van der Waals surface area contributed by atoms with E-state index in [4.69, 9.17) is 5.11 Å². The molecule has 0 bridgehead atoms. The van der Waals surface area contributed by atoms with Crippen LogP contribution >= 0.6 is 0 Å². The first-order valence-corrected chi connectivity index (χ1v) is 8.22. The smallest absolute Gasteiger partial charge is 0.322 e. The number of hydrogen-bond acceptors (Lipinski definition) is 3. The van der Waals surface area contributed by atoms with E-state index in [1.807, 2.05) is 19.9 Å². The zero-order valence-electron chi connectivity index (χ0n) is 11.7. The summed E-state index contributed by atoms with van der Waals surface area (Å²) in [5, 5.41) is 9.15. The van der Waals surface area contributed by atoms with Crippen LogP contribution in [0.3, 0.4) is 0 Å². The highest BCUT2D eigenvalue weighted by molar-refractivity contribution is 7.89. The molecule has 0 aliphatic heterocycles. The number of rotatable bonds is 8. The number of sulfonamides is 1. The van der Waals surface area contributed by atoms with Crippen molar-refractivity contribution >= 4 is 16.0 Å². The fourth-order valence-electron chi connectivity index (χ4n) is 1.70. The first-order chi connectivity index (χ1) is 9.30. The largest absolute Gasteiger partial charge is 0.480 e. The molecule has 0 aromatic heterocycles. The maximum absolute atomic E-state index is 11.9. The number of hydrogen-bond donors (Lipinski definition) is 2. The van der Waals surface area contributed by atoms with Crippen LogP contribution in [-0.2, 0) is 21.2 Å². The minimum atomic E-state index is -3.57. The monoisotopic (exact) mass is 299 g/mol. The zero-order chi connectivity index (χ0) is 15.2. The molecule has 1 atom stereocenters. The number of aliphatic carboxylic acids is 1. The van der Waals surface area contributed by atoms with E-state index in [0.29, 0.717) is 6.42 Å². The van der Waals surface area contributed by atoms with Crippen LogP contribution < -0.4 is 4.72 Å². The van der Waals surface area contributed by atoms with Gasteiger partial charge in [0, 0.05) is 0 Å². The van der Waals surface area contributed by atoms with Crippen molar-refractivity contribution in [3.8, 4) is 0 Å². The fourth-order valence-corrected chi connectivity index (χ4v) is 3.21. The highest BCUT2D eigenvalue weighted by atomic mass is 32.2. The second kappa shape index (κ2) is 7.40. The van der Waals surface area contributed by atoms with E-state index in [1.165, 1.54) is 0 Å². The van der Waals surface area contributed by atoms with Gasteiger partial charge in [0.05, 0.1) is 5.75 Å². The molecule has 0 saturated carbocycles. The van der Waals surface area contributed by atoms with E-state index in [2.05, 4.69) is 4.72 Å². The predicted molar refractivity (Wildman–Crippen MR) is 77.9 cm³/mol. The average Bonchev–Trinajstić information content (AvgIpc) is 2.37. The molecule has 112 valence electrons. The molecular weight excluding hydrogens is 278 g/mol. The van der Waals surface area contributed by atoms with Crippen LogP contribution in [0.4, 0.5) is 0 Å². The van der Waals surface area contributed by atoms with Gasteiger partial charge in [0.15, 0.2) is 0 Å². The lowest BCUT2D eigenvalue weighted by Crippen LogP contribution is -2.43. The van der Waals surface area contributed by atoms with Gasteiger partial charge >= 0.3 is 5.97 Å². The molecule has 20 heavy (non-hydrogen) atoms. The van der Waals surface area contributed by atoms with Crippen LogP contribution in [0.5, 0.6) is 0 Å². The number of carboxylic acids is 1. The third-order valence-electron chi connectivity index (χ3n) is 2.87. The average molecular weight is 299 g/mol. The molecule has 0 heterocycles. The molecule has 0 amide bonds. The number of carboxylic acid groups (broad SMARTS) is 1. The summed E-state index contributed by atoms with van der Waals surface area (Å²) in [5.41, 5.74) is 0.784. The van der Waals surface area contributed by atoms with E-state index in [-0.39, 0.29) is 18.1 Å². The van der Waals surface area contributed by atoms with Crippen molar-refractivity contribution in [3.05, 3.63) is 35.9 Å². The van der Waals surface area contributed by atoms with Crippen LogP contribution in [-0.4, -0.2) is 31.3 Å². The van der Waals surface area contributed by atoms with Gasteiger partial charge in [0.25, 0.3) is 0 Å². The molecule has 0 radical (unpaired) electrons. The Labute approximate surface area is 120 Å². The Bertz CT molecular complexity index is 525. The second-order valence-corrected chi connectivity index (χ2v) is 7.07. The topological polar surface area (TPSA) is 83.5 Å². The van der Waals surface area contributed by atoms with Gasteiger partial charge in [-0.25, -0.2) is 13.1 Å². The Morgan fingerprint density at radius 2 is 1.85 bits per heavy atom. The van der Waals surface area contributed by atoms with Crippen molar-refractivity contribution in [3.63, 3.8) is 0 Å². The normalized spacial score (nSPS) is 13.3. The van der Waals surface area contributed by atoms with Crippen LogP contribution in [0.2, 0.25) is 0 Å². The third-order valence-corrected chi connectivity index (χ3v) is 4.28. The lowest BCUT2D eigenvalue weighted by molar-refractivity contribution is -0.138. The minimum absolute atomic E-state index is 0.0523. The van der Waals surface area contributed by atoms with Gasteiger partial charge < -0.3 is 5.11 Å². The molecule has 1 rings (SSSR count). The molecule has 0 spiro atoms. The Morgan fingerprint density at radius 1 is 1.25 bits per heavy atom. The highest BCUT2D eigenvalue weighted by Gasteiger charge is 2.24. The number of nitrogens with one attached hydrogen (secondary N) is 1. The Kier molecular flexibility index (Phi) is 6.16. The van der Waals surface area contributed by atoms with Crippen LogP contribution in [0.25, 0.3) is 0 Å². The maximum Gasteiger partial charge on any atom is 0.322 e. The van der Waals surface area contributed by atoms with E-state index >= 15 is 0 Å². The quantitative estimate of drug-likeness (QED) is 0.764. The van der Waals surface area contributed by atoms with Crippen LogP contribution in [0, 0.1) is 5.92 Å². The minimum Gasteiger partial charge on any atom is -0.480 e. The number of carbonyl (C=O) groups is 1. The summed E-state index contributed by atoms with van der Waals surface area (Å²) in [4.78, 5) is 11.2. The van der Waals surface area contributed by atoms with Gasteiger partial charge in [-0.2, -0.15) is 0 Å². The summed E-state index contributed by atoms with van der Waals surface area (Å²) >= 11 is 0. The first-order valence-electron chi connectivity index (χ1n) is 6.57. The Hall–Kier alpha value is -1.40. The lowest BCUT2D eigenvalue weighted by atomic mass is 10.1. The molecule has 6 heteroatoms. The molecule has 0 unspecified atom stereocenters. The van der Waals surface area contributed by atoms with Crippen molar-refractivity contribution < 1.29 is 18.3 Å². The Morgan fingerprint density at radius 3 is 2.35 bits per heavy atom. The van der Waals surface area contributed by atoms with Gasteiger partial charge in [0.2, 0.25) is 10.0 Å². The maximum atomic E-state index is 11.9. The molecule has 0 saturated heterocycles. The molecule has 0 aliphatic rings. The van der Waals surface area contributed by atoms with Crippen LogP contribution in [0.15, 0.2) is 30.3 Å².